The minimum atomic E-state index is -4.38. The van der Waals surface area contributed by atoms with E-state index in [1.807, 2.05) is 25.1 Å². The van der Waals surface area contributed by atoms with E-state index in [1.54, 1.807) is 18.2 Å². The summed E-state index contributed by atoms with van der Waals surface area (Å²) in [6.45, 7) is 1.27. The molecule has 4 rings (SSSR count). The van der Waals surface area contributed by atoms with Gasteiger partial charge in [-0.2, -0.15) is 22.0 Å². The number of aryl methyl sites for hydroxylation is 1. The molecule has 0 saturated carbocycles. The van der Waals surface area contributed by atoms with Crippen LogP contribution in [0.5, 0.6) is 11.5 Å². The fourth-order valence-corrected chi connectivity index (χ4v) is 4.23. The molecule has 0 radical (unpaired) electrons. The van der Waals surface area contributed by atoms with Crippen LogP contribution in [0.1, 0.15) is 28.7 Å². The van der Waals surface area contributed by atoms with E-state index in [4.69, 9.17) is 25.7 Å². The van der Waals surface area contributed by atoms with Crippen LogP contribution in [0, 0.1) is 6.92 Å². The Morgan fingerprint density at radius 3 is 2.05 bits per heavy atom. The number of nitrogen functional groups attached to an aromatic ring is 2. The molecule has 0 fully saturated rings. The highest BCUT2D eigenvalue weighted by Crippen LogP contribution is 2.33. The first-order chi connectivity index (χ1) is 20.8. The lowest BCUT2D eigenvalue weighted by molar-refractivity contribution is -0.185. The lowest BCUT2D eigenvalue weighted by Crippen LogP contribution is -2.21. The zero-order valence-corrected chi connectivity index (χ0v) is 23.5. The summed E-state index contributed by atoms with van der Waals surface area (Å²) in [5.74, 6) is -0.744. The van der Waals surface area contributed by atoms with Gasteiger partial charge in [-0.25, -0.2) is 4.79 Å². The van der Waals surface area contributed by atoms with E-state index in [0.29, 0.717) is 22.5 Å². The third kappa shape index (κ3) is 8.97. The number of alkyl halides is 5. The predicted octanol–water partition coefficient (Wildman–Crippen LogP) is 8.04. The summed E-state index contributed by atoms with van der Waals surface area (Å²) in [7, 11) is 0. The second kappa shape index (κ2) is 13.5. The van der Waals surface area contributed by atoms with Crippen molar-refractivity contribution in [1.82, 2.24) is 0 Å². The summed E-state index contributed by atoms with van der Waals surface area (Å²) < 4.78 is 81.3. The smallest absolute Gasteiger partial charge is 0.426 e. The minimum absolute atomic E-state index is 0.0220. The van der Waals surface area contributed by atoms with Crippen LogP contribution in [0.4, 0.5) is 33.3 Å². The van der Waals surface area contributed by atoms with Gasteiger partial charge in [-0.1, -0.05) is 24.3 Å². The molecule has 0 aliphatic rings. The molecule has 6 nitrogen and oxygen atoms in total. The van der Waals surface area contributed by atoms with E-state index in [9.17, 15) is 26.7 Å². The van der Waals surface area contributed by atoms with Gasteiger partial charge in [-0.05, 0) is 101 Å². The second-order valence-electron chi connectivity index (χ2n) is 9.86. The van der Waals surface area contributed by atoms with Crippen molar-refractivity contribution in [3.05, 3.63) is 113 Å². The van der Waals surface area contributed by atoms with Gasteiger partial charge in [-0.3, -0.25) is 0 Å². The summed E-state index contributed by atoms with van der Waals surface area (Å²) in [5.41, 5.74) is 16.4. The lowest BCUT2D eigenvalue weighted by atomic mass is 9.95. The second-order valence-corrected chi connectivity index (χ2v) is 9.86. The number of esters is 1. The highest BCUT2D eigenvalue weighted by Gasteiger charge is 2.34. The van der Waals surface area contributed by atoms with E-state index in [2.05, 4.69) is 0 Å². The summed E-state index contributed by atoms with van der Waals surface area (Å²) in [5, 5.41) is 0. The van der Waals surface area contributed by atoms with Gasteiger partial charge in [0.1, 0.15) is 18.1 Å². The number of carbonyl (C=O) groups is 1. The van der Waals surface area contributed by atoms with E-state index >= 15 is 0 Å². The quantitative estimate of drug-likeness (QED) is 0.0770. The molecule has 0 heterocycles. The Hall–Kier alpha value is -5.06. The van der Waals surface area contributed by atoms with Gasteiger partial charge in [0.15, 0.2) is 0 Å². The number of nitrogens with two attached hydrogens (primary N) is 2. The first-order valence-electron chi connectivity index (χ1n) is 13.4. The molecule has 44 heavy (non-hydrogen) atoms. The Kier molecular flexibility index (Phi) is 9.77. The SMILES string of the molecule is Cc1cc(N)ccc1-c1ccc(N)cc1COC(=O)/C=C/c1ccc(OC(F)(F)c2ccc(OCCC(F)(F)F)cc2)cc1. The van der Waals surface area contributed by atoms with Gasteiger partial charge in [0.05, 0.1) is 18.6 Å². The summed E-state index contributed by atoms with van der Waals surface area (Å²) in [6, 6.07) is 20.7. The normalized spacial score (nSPS) is 11.9. The highest BCUT2D eigenvalue weighted by molar-refractivity contribution is 5.87. The number of halogens is 5. The Labute approximate surface area is 250 Å². The Morgan fingerprint density at radius 1 is 0.795 bits per heavy atom. The van der Waals surface area contributed by atoms with Gasteiger partial charge in [0, 0.05) is 17.5 Å². The summed E-state index contributed by atoms with van der Waals surface area (Å²) in [6.07, 6.45) is -6.59. The van der Waals surface area contributed by atoms with Crippen molar-refractivity contribution in [1.29, 1.82) is 0 Å². The minimum Gasteiger partial charge on any atom is -0.493 e. The molecule has 0 bridgehead atoms. The first kappa shape index (κ1) is 31.9. The van der Waals surface area contributed by atoms with Crippen molar-refractivity contribution in [2.75, 3.05) is 18.1 Å². The molecule has 0 unspecified atom stereocenters. The Bertz CT molecular complexity index is 1620. The van der Waals surface area contributed by atoms with E-state index in [0.717, 1.165) is 41.0 Å². The van der Waals surface area contributed by atoms with Crippen molar-refractivity contribution < 1.29 is 41.0 Å². The van der Waals surface area contributed by atoms with Crippen molar-refractivity contribution in [3.63, 3.8) is 0 Å². The molecule has 0 saturated heterocycles. The number of anilines is 2. The molecule has 0 aliphatic heterocycles. The van der Waals surface area contributed by atoms with Crippen molar-refractivity contribution >= 4 is 23.4 Å². The van der Waals surface area contributed by atoms with Crippen LogP contribution < -0.4 is 20.9 Å². The Balaban J connectivity index is 1.33. The molecule has 4 aromatic rings. The molecular weight excluding hydrogens is 583 g/mol. The van der Waals surface area contributed by atoms with Crippen LogP contribution in [-0.2, 0) is 22.2 Å². The maximum absolute atomic E-state index is 14.7. The average molecular weight is 613 g/mol. The van der Waals surface area contributed by atoms with Crippen LogP contribution in [0.15, 0.2) is 91.0 Å². The predicted molar refractivity (Wildman–Crippen MR) is 158 cm³/mol. The molecule has 0 aliphatic carbocycles. The molecule has 0 spiro atoms. The zero-order chi connectivity index (χ0) is 31.9. The number of benzene rings is 4. The van der Waals surface area contributed by atoms with Crippen LogP contribution in [0.25, 0.3) is 17.2 Å². The van der Waals surface area contributed by atoms with Crippen LogP contribution in [0.2, 0.25) is 0 Å². The molecule has 230 valence electrons. The summed E-state index contributed by atoms with van der Waals surface area (Å²) in [4.78, 5) is 12.4. The maximum atomic E-state index is 14.7. The molecule has 0 aromatic heterocycles. The van der Waals surface area contributed by atoms with Gasteiger partial charge in [-0.15, -0.1) is 0 Å². The van der Waals surface area contributed by atoms with E-state index < -0.39 is 36.8 Å². The monoisotopic (exact) mass is 612 g/mol. The zero-order valence-electron chi connectivity index (χ0n) is 23.5. The fraction of sp³-hybridized carbons (Fsp3) is 0.182. The van der Waals surface area contributed by atoms with E-state index in [1.165, 1.54) is 36.4 Å². The highest BCUT2D eigenvalue weighted by atomic mass is 19.4. The number of rotatable bonds is 11. The van der Waals surface area contributed by atoms with Crippen LogP contribution in [0.3, 0.4) is 0 Å². The number of hydrogen-bond acceptors (Lipinski definition) is 6. The average Bonchev–Trinajstić information content (AvgIpc) is 2.96. The topological polar surface area (TPSA) is 96.8 Å². The van der Waals surface area contributed by atoms with Gasteiger partial charge in [0.25, 0.3) is 0 Å². The van der Waals surface area contributed by atoms with Crippen molar-refractivity contribution in [2.45, 2.75) is 32.2 Å². The van der Waals surface area contributed by atoms with Crippen molar-refractivity contribution in [2.24, 2.45) is 0 Å². The van der Waals surface area contributed by atoms with Crippen LogP contribution >= 0.6 is 0 Å². The van der Waals surface area contributed by atoms with Crippen LogP contribution in [-0.4, -0.2) is 18.8 Å². The standard InChI is InChI=1S/C33H29F5N2O4/c1-21-18-25(39)7-13-29(21)30-14-8-26(40)19-23(30)20-43-31(41)15-4-22-2-9-28(10-3-22)44-33(37,38)24-5-11-27(12-6-24)42-17-16-32(34,35)36/h2-15,18-19H,16-17,20,39-40H2,1H3/b15-4+. The molecule has 4 N–H and O–H groups in total. The molecular formula is C33H29F5N2O4. The molecule has 4 aromatic carbocycles. The third-order valence-corrected chi connectivity index (χ3v) is 6.42. The maximum Gasteiger partial charge on any atom is 0.426 e. The summed E-state index contributed by atoms with van der Waals surface area (Å²) >= 11 is 0. The van der Waals surface area contributed by atoms with Gasteiger partial charge in [0.2, 0.25) is 0 Å². The number of carbonyl (C=O) groups excluding carboxylic acids is 1. The number of ether oxygens (including phenoxy) is 3. The lowest BCUT2D eigenvalue weighted by Gasteiger charge is -2.18. The fourth-order valence-electron chi connectivity index (χ4n) is 4.23. The largest absolute Gasteiger partial charge is 0.493 e. The molecule has 11 heteroatoms. The van der Waals surface area contributed by atoms with Gasteiger partial charge < -0.3 is 25.7 Å². The van der Waals surface area contributed by atoms with Crippen molar-refractivity contribution in [3.8, 4) is 22.6 Å². The third-order valence-electron chi connectivity index (χ3n) is 6.42. The van der Waals surface area contributed by atoms with E-state index in [-0.39, 0.29) is 18.1 Å². The van der Waals surface area contributed by atoms with Gasteiger partial charge >= 0.3 is 18.3 Å². The first-order valence-corrected chi connectivity index (χ1v) is 13.4. The number of hydrogen-bond donors (Lipinski definition) is 2. The molecule has 0 amide bonds. The molecule has 0 atom stereocenters. The Morgan fingerprint density at radius 2 is 1.41 bits per heavy atom.